The largest absolute Gasteiger partial charge is 0.480 e. The van der Waals surface area contributed by atoms with Gasteiger partial charge in [0.05, 0.1) is 18.2 Å². The van der Waals surface area contributed by atoms with Crippen molar-refractivity contribution < 1.29 is 19.0 Å². The Balaban J connectivity index is 2.10. The molecule has 0 fully saturated rings. The molecule has 0 spiro atoms. The van der Waals surface area contributed by atoms with Crippen molar-refractivity contribution in [3.8, 4) is 28.3 Å². The maximum Gasteiger partial charge on any atom is 0.296 e. The van der Waals surface area contributed by atoms with Gasteiger partial charge in [0.15, 0.2) is 5.65 Å². The highest BCUT2D eigenvalue weighted by atomic mass is 19.1. The van der Waals surface area contributed by atoms with Crippen LogP contribution in [0.3, 0.4) is 0 Å². The van der Waals surface area contributed by atoms with Crippen molar-refractivity contribution in [1.29, 1.82) is 0 Å². The van der Waals surface area contributed by atoms with Crippen molar-refractivity contribution in [2.75, 3.05) is 6.61 Å². The van der Waals surface area contributed by atoms with Crippen LogP contribution in [0.2, 0.25) is 0 Å². The van der Waals surface area contributed by atoms with Gasteiger partial charge in [-0.05, 0) is 41.8 Å². The van der Waals surface area contributed by atoms with Crippen LogP contribution in [0, 0.1) is 11.6 Å². The van der Waals surface area contributed by atoms with Crippen LogP contribution < -0.4 is 0 Å². The van der Waals surface area contributed by atoms with Gasteiger partial charge in [-0.25, -0.2) is 13.8 Å². The van der Waals surface area contributed by atoms with E-state index >= 15 is 0 Å². The number of aromatic hydroxyl groups is 1. The molecule has 0 unspecified atom stereocenters. The van der Waals surface area contributed by atoms with Gasteiger partial charge in [0.25, 0.3) is 6.01 Å². The third-order valence-electron chi connectivity index (χ3n) is 5.03. The molecule has 1 atom stereocenters. The van der Waals surface area contributed by atoms with E-state index in [4.69, 9.17) is 0 Å². The summed E-state index contributed by atoms with van der Waals surface area (Å²) >= 11 is 0. The third-order valence-corrected chi connectivity index (χ3v) is 5.03. The second-order valence-corrected chi connectivity index (χ2v) is 6.76. The van der Waals surface area contributed by atoms with Gasteiger partial charge in [0, 0.05) is 17.3 Å². The number of fused-ring (bicyclic) bond motifs is 1. The van der Waals surface area contributed by atoms with Gasteiger partial charge in [-0.3, -0.25) is 4.57 Å². The SMILES string of the molecule is CC[C@@H](CO)n1c(O)nc2ncc(-c3ccc(F)cc3)c(-c3ccc(F)cc3)c21. The molecule has 7 heteroatoms. The van der Waals surface area contributed by atoms with Gasteiger partial charge >= 0.3 is 0 Å². The number of aliphatic hydroxyl groups excluding tert-OH is 1. The normalized spacial score (nSPS) is 12.4. The van der Waals surface area contributed by atoms with Crippen molar-refractivity contribution in [3.63, 3.8) is 0 Å². The average Bonchev–Trinajstić information content (AvgIpc) is 3.06. The Kier molecular flexibility index (Phi) is 4.98. The van der Waals surface area contributed by atoms with E-state index in [9.17, 15) is 19.0 Å². The number of hydrogen-bond acceptors (Lipinski definition) is 4. The van der Waals surface area contributed by atoms with Gasteiger partial charge in [-0.1, -0.05) is 31.2 Å². The van der Waals surface area contributed by atoms with Crippen LogP contribution in [0.5, 0.6) is 6.01 Å². The van der Waals surface area contributed by atoms with Crippen LogP contribution in [-0.4, -0.2) is 31.4 Å². The zero-order valence-electron chi connectivity index (χ0n) is 15.7. The van der Waals surface area contributed by atoms with Crippen LogP contribution in [0.4, 0.5) is 8.78 Å². The molecule has 2 heterocycles. The van der Waals surface area contributed by atoms with Gasteiger partial charge < -0.3 is 10.2 Å². The van der Waals surface area contributed by atoms with Crippen LogP contribution in [0.1, 0.15) is 19.4 Å². The van der Waals surface area contributed by atoms with Crippen LogP contribution in [0.25, 0.3) is 33.4 Å². The lowest BCUT2D eigenvalue weighted by molar-refractivity contribution is 0.216. The number of rotatable bonds is 5. The molecule has 2 N–H and O–H groups in total. The smallest absolute Gasteiger partial charge is 0.296 e. The summed E-state index contributed by atoms with van der Waals surface area (Å²) < 4.78 is 28.6. The van der Waals surface area contributed by atoms with Crippen molar-refractivity contribution in [3.05, 3.63) is 66.4 Å². The second kappa shape index (κ2) is 7.60. The minimum Gasteiger partial charge on any atom is -0.480 e. The maximum atomic E-state index is 13.6. The Bertz CT molecular complexity index is 1150. The predicted octanol–water partition coefficient (Wildman–Crippen LogP) is 4.69. The standard InChI is InChI=1S/C22H19F2N3O2/c1-2-17(12-28)27-20-19(14-5-9-16(24)10-6-14)18(11-25-21(20)26-22(27)29)13-3-7-15(23)8-4-13/h3-11,17,28H,2,12H2,1H3,(H,25,26,29)/t17-/m0/s1. The number of halogens is 2. The van der Waals surface area contributed by atoms with E-state index in [2.05, 4.69) is 9.97 Å². The van der Waals surface area contributed by atoms with Crippen LogP contribution >= 0.6 is 0 Å². The third kappa shape index (κ3) is 3.34. The monoisotopic (exact) mass is 395 g/mol. The molecule has 0 saturated heterocycles. The summed E-state index contributed by atoms with van der Waals surface area (Å²) in [6.07, 6.45) is 2.16. The van der Waals surface area contributed by atoms with E-state index in [1.165, 1.54) is 24.3 Å². The number of benzene rings is 2. The molecule has 0 aliphatic carbocycles. The highest BCUT2D eigenvalue weighted by Crippen LogP contribution is 2.40. The molecule has 0 radical (unpaired) electrons. The maximum absolute atomic E-state index is 13.6. The van der Waals surface area contributed by atoms with Crippen LogP contribution in [-0.2, 0) is 0 Å². The van der Waals surface area contributed by atoms with E-state index in [1.54, 1.807) is 35.0 Å². The van der Waals surface area contributed by atoms with Crippen molar-refractivity contribution in [2.24, 2.45) is 0 Å². The molecule has 4 aromatic rings. The first-order valence-electron chi connectivity index (χ1n) is 9.26. The molecule has 0 amide bonds. The summed E-state index contributed by atoms with van der Waals surface area (Å²) in [5.41, 5.74) is 3.58. The Morgan fingerprint density at radius 1 is 0.966 bits per heavy atom. The average molecular weight is 395 g/mol. The number of imidazole rings is 1. The summed E-state index contributed by atoms with van der Waals surface area (Å²) in [5, 5.41) is 20.3. The van der Waals surface area contributed by atoms with E-state index in [1.807, 2.05) is 6.92 Å². The number of aliphatic hydroxyl groups is 1. The van der Waals surface area contributed by atoms with E-state index in [0.29, 0.717) is 39.8 Å². The minimum absolute atomic E-state index is 0.195. The second-order valence-electron chi connectivity index (χ2n) is 6.76. The minimum atomic E-state index is -0.413. The Morgan fingerprint density at radius 3 is 2.10 bits per heavy atom. The molecule has 2 aromatic carbocycles. The predicted molar refractivity (Wildman–Crippen MR) is 106 cm³/mol. The number of hydrogen-bond donors (Lipinski definition) is 2. The molecule has 29 heavy (non-hydrogen) atoms. The number of aromatic nitrogens is 3. The molecular weight excluding hydrogens is 376 g/mol. The first kappa shape index (κ1) is 19.0. The molecule has 2 aromatic heterocycles. The molecule has 4 rings (SSSR count). The zero-order chi connectivity index (χ0) is 20.5. The lowest BCUT2D eigenvalue weighted by Crippen LogP contribution is -2.12. The molecule has 0 aliphatic rings. The summed E-state index contributed by atoms with van der Waals surface area (Å²) in [6.45, 7) is 1.69. The zero-order valence-corrected chi connectivity index (χ0v) is 15.7. The molecule has 148 valence electrons. The summed E-state index contributed by atoms with van der Waals surface area (Å²) in [7, 11) is 0. The van der Waals surface area contributed by atoms with Gasteiger partial charge in [-0.15, -0.1) is 0 Å². The van der Waals surface area contributed by atoms with Gasteiger partial charge in [0.2, 0.25) is 0 Å². The van der Waals surface area contributed by atoms with Crippen molar-refractivity contribution in [1.82, 2.24) is 14.5 Å². The highest BCUT2D eigenvalue weighted by Gasteiger charge is 2.24. The van der Waals surface area contributed by atoms with Crippen molar-refractivity contribution in [2.45, 2.75) is 19.4 Å². The fourth-order valence-corrected chi connectivity index (χ4v) is 3.55. The quantitative estimate of drug-likeness (QED) is 0.514. The Labute approximate surface area is 165 Å². The first-order chi connectivity index (χ1) is 14.0. The topological polar surface area (TPSA) is 71.2 Å². The highest BCUT2D eigenvalue weighted by molar-refractivity contribution is 5.99. The van der Waals surface area contributed by atoms with E-state index in [-0.39, 0.29) is 24.3 Å². The van der Waals surface area contributed by atoms with E-state index in [0.717, 1.165) is 0 Å². The molecule has 0 aliphatic heterocycles. The fourth-order valence-electron chi connectivity index (χ4n) is 3.55. The van der Waals surface area contributed by atoms with Crippen LogP contribution in [0.15, 0.2) is 54.7 Å². The Hall–Kier alpha value is -3.32. The van der Waals surface area contributed by atoms with Gasteiger partial charge in [0.1, 0.15) is 11.6 Å². The van der Waals surface area contributed by atoms with Crippen molar-refractivity contribution >= 4 is 11.2 Å². The first-order valence-corrected chi connectivity index (χ1v) is 9.26. The summed E-state index contributed by atoms with van der Waals surface area (Å²) in [4.78, 5) is 8.52. The van der Waals surface area contributed by atoms with E-state index < -0.39 is 6.04 Å². The number of pyridine rings is 1. The fraction of sp³-hybridized carbons (Fsp3) is 0.182. The summed E-state index contributed by atoms with van der Waals surface area (Å²) in [5.74, 6) is -0.735. The summed E-state index contributed by atoms with van der Waals surface area (Å²) in [6, 6.07) is 11.3. The lowest BCUT2D eigenvalue weighted by Gasteiger charge is -2.19. The molecule has 0 saturated carbocycles. The lowest BCUT2D eigenvalue weighted by atomic mass is 9.95. The molecule has 5 nitrogen and oxygen atoms in total. The molecule has 0 bridgehead atoms. The number of nitrogens with zero attached hydrogens (tertiary/aromatic N) is 3. The van der Waals surface area contributed by atoms with Gasteiger partial charge in [-0.2, -0.15) is 4.98 Å². The molecular formula is C22H19F2N3O2. The Morgan fingerprint density at radius 2 is 1.55 bits per heavy atom.